The number of esters is 5. The highest BCUT2D eigenvalue weighted by Crippen LogP contribution is 2.42. The summed E-state index contributed by atoms with van der Waals surface area (Å²) in [6.07, 6.45) is -11.6. The first-order valence-corrected chi connectivity index (χ1v) is 40.1. The Morgan fingerprint density at radius 2 is 0.553 bits per heavy atom. The van der Waals surface area contributed by atoms with E-state index in [1.807, 2.05) is 117 Å². The molecule has 5 unspecified atom stereocenters. The van der Waals surface area contributed by atoms with E-state index in [0.29, 0.717) is 16.5 Å². The van der Waals surface area contributed by atoms with Crippen LogP contribution in [0, 0.1) is 24.8 Å². The third kappa shape index (κ3) is 28.4. The second-order valence-electron chi connectivity index (χ2n) is 26.2. The standard InChI is InChI=1S/C20H20F2O5.C17H14F2O4.C16H9F2I3O4.C16H10F2I2O5.C16H12F2O5/c1-19(2,3)27-15-11-9-14(10-12-15)17(23)26-16(20(21,22)18(24)25)13-7-5-4-6-8-13;1-11-7-9-13(10-8-11)15(20)23-14(17(18,19)16(21)22)12-5-3-2-4-6-12;2*17-16(18,15(23)24)13(8-4-2-1-3-5-8)25-14(22)10-6-9(19)7-11(20)12(10)21;17-16(18,15(21)22)13(10-4-2-1-3-5-10)23-14(20)11-6-8-12(19)9-7-11/h4-12,16H,1-3H3,(H,24,25);2-10,14H,1H3,(H,21,22);1-7,13H,(H,23,24);1-7,13,21H,(H,23,24);1-9,13,19H,(H,21,22)/p-5. The van der Waals surface area contributed by atoms with Gasteiger partial charge in [-0.25, -0.2) is 24.0 Å². The smallest absolute Gasteiger partial charge is 0.342 e. The van der Waals surface area contributed by atoms with E-state index in [4.69, 9.17) is 33.5 Å². The third-order valence-electron chi connectivity index (χ3n) is 16.0. The minimum absolute atomic E-state index is 0.0219. The van der Waals surface area contributed by atoms with Crippen LogP contribution in [0.25, 0.3) is 0 Å². The largest absolute Gasteiger partial charge is 0.544 e. The lowest BCUT2D eigenvalue weighted by molar-refractivity contribution is -0.337. The number of hydrogen-bond acceptors (Lipinski definition) is 23. The van der Waals surface area contributed by atoms with Crippen LogP contribution in [-0.4, -0.2) is 105 Å². The van der Waals surface area contributed by atoms with Crippen molar-refractivity contribution < 1.29 is 156 Å². The molecular formula is C85H60F10I5O23-5. The maximum atomic E-state index is 14.1. The van der Waals surface area contributed by atoms with Crippen LogP contribution >= 0.6 is 113 Å². The fourth-order valence-corrected chi connectivity index (χ4v) is 14.2. The van der Waals surface area contributed by atoms with Crippen molar-refractivity contribution in [2.45, 2.75) is 93.4 Å². The molecule has 0 fully saturated rings. The highest BCUT2D eigenvalue weighted by molar-refractivity contribution is 14.1. The number of carboxylic acid groups (broad SMARTS) is 5. The van der Waals surface area contributed by atoms with E-state index < -0.39 is 131 Å². The molecule has 0 spiro atoms. The number of carboxylic acids is 5. The van der Waals surface area contributed by atoms with Gasteiger partial charge < -0.3 is 88.1 Å². The van der Waals surface area contributed by atoms with Crippen LogP contribution in [0.4, 0.5) is 43.9 Å². The Bertz CT molecular complexity index is 5100. The number of ether oxygens (including phenoxy) is 6. The lowest BCUT2D eigenvalue weighted by Gasteiger charge is -2.27. The van der Waals surface area contributed by atoms with Crippen LogP contribution in [0.5, 0.6) is 17.2 Å². The summed E-state index contributed by atoms with van der Waals surface area (Å²) < 4.78 is 172. The number of carbonyl (C=O) groups excluding carboxylic acids is 10. The first-order chi connectivity index (χ1) is 57.4. The number of phenolic OH excluding ortho intramolecular Hbond substituents is 2. The van der Waals surface area contributed by atoms with Crippen molar-refractivity contribution in [3.63, 3.8) is 0 Å². The molecule has 0 saturated carbocycles. The maximum absolute atomic E-state index is 14.1. The summed E-state index contributed by atoms with van der Waals surface area (Å²) in [6, 6.07) is 56.9. The molecule has 10 rings (SSSR count). The summed E-state index contributed by atoms with van der Waals surface area (Å²) in [5.74, 6) is -40.8. The van der Waals surface area contributed by atoms with Gasteiger partial charge in [-0.15, -0.1) is 0 Å². The topological polar surface area (TPSA) is 382 Å². The van der Waals surface area contributed by atoms with Gasteiger partial charge in [-0.05, 0) is 253 Å². The van der Waals surface area contributed by atoms with Gasteiger partial charge >= 0.3 is 59.5 Å². The molecule has 0 amide bonds. The van der Waals surface area contributed by atoms with Crippen LogP contribution in [0.15, 0.2) is 249 Å². The molecule has 23 nitrogen and oxygen atoms in total. The number of aliphatic carboxylic acids is 5. The maximum Gasteiger partial charge on any atom is 0.342 e. The van der Waals surface area contributed by atoms with Crippen LogP contribution in [0.1, 0.15) is 136 Å². The first kappa shape index (κ1) is 101. The Hall–Kier alpha value is -10.8. The quantitative estimate of drug-likeness (QED) is 0.0167. The summed E-state index contributed by atoms with van der Waals surface area (Å²) in [6.45, 7) is 7.34. The number of rotatable bonds is 26. The van der Waals surface area contributed by atoms with Gasteiger partial charge in [-0.1, -0.05) is 169 Å². The monoisotopic (exact) mass is 2270 g/mol. The predicted octanol–water partition coefficient (Wildman–Crippen LogP) is 13.8. The number of aryl methyl sites for hydroxylation is 1. The Labute approximate surface area is 760 Å². The van der Waals surface area contributed by atoms with Crippen LogP contribution < -0.4 is 30.3 Å². The zero-order valence-electron chi connectivity index (χ0n) is 63.2. The molecule has 38 heteroatoms. The molecule has 0 aromatic heterocycles. The van der Waals surface area contributed by atoms with Gasteiger partial charge in [0.2, 0.25) is 0 Å². The van der Waals surface area contributed by atoms with Crippen molar-refractivity contribution in [2.24, 2.45) is 0 Å². The van der Waals surface area contributed by atoms with Gasteiger partial charge in [-0.2, -0.15) is 43.9 Å². The Balaban J connectivity index is 0.000000238. The number of halogens is 15. The number of aromatic hydroxyl groups is 2. The molecule has 123 heavy (non-hydrogen) atoms. The van der Waals surface area contributed by atoms with Gasteiger partial charge in [0.1, 0.15) is 58.3 Å². The lowest BCUT2D eigenvalue weighted by Crippen LogP contribution is -2.47. The molecule has 0 saturated heterocycles. The fourth-order valence-electron chi connectivity index (χ4n) is 10.0. The molecule has 10 aromatic carbocycles. The van der Waals surface area contributed by atoms with Gasteiger partial charge in [0, 0.05) is 14.3 Å². The molecule has 5 atom stereocenters. The van der Waals surface area contributed by atoms with Crippen molar-refractivity contribution >= 4 is 173 Å². The van der Waals surface area contributed by atoms with Crippen LogP contribution in [-0.2, 0) is 47.7 Å². The average Bonchev–Trinajstić information content (AvgIpc) is 0.889. The number of benzene rings is 10. The van der Waals surface area contributed by atoms with E-state index in [9.17, 15) is 122 Å². The van der Waals surface area contributed by atoms with E-state index in [1.54, 1.807) is 72.0 Å². The van der Waals surface area contributed by atoms with E-state index in [1.165, 1.54) is 188 Å². The Morgan fingerprint density at radius 1 is 0.317 bits per heavy atom. The van der Waals surface area contributed by atoms with E-state index >= 15 is 0 Å². The molecule has 0 radical (unpaired) electrons. The zero-order valence-corrected chi connectivity index (χ0v) is 74.0. The minimum atomic E-state index is -4.46. The average molecular weight is 2270 g/mol. The SMILES string of the molecule is CC(C)(C)Oc1ccc(C(=O)OC(c2ccccc2)C(F)(F)C(=O)[O-])cc1.Cc1ccc(C(=O)OC(c2ccccc2)C(F)(F)C(=O)[O-])cc1.O=C(OC(c1ccccc1)C(F)(F)C(=O)[O-])c1cc(I)cc(I)c1I.O=C(OC(c1ccccc1)C(F)(F)C(=O)[O-])c1cc(I)cc(I)c1O.O=C(OC(c1ccccc1)C(F)(F)C(=O)[O-])c1ccc(O)cc1. The summed E-state index contributed by atoms with van der Waals surface area (Å²) >= 11 is 9.54. The van der Waals surface area contributed by atoms with Crippen LogP contribution in [0.2, 0.25) is 0 Å². The van der Waals surface area contributed by atoms with E-state index in [-0.39, 0.29) is 61.4 Å². The Morgan fingerprint density at radius 3 is 0.821 bits per heavy atom. The zero-order chi connectivity index (χ0) is 91.9. The summed E-state index contributed by atoms with van der Waals surface area (Å²) in [7, 11) is 0. The second-order valence-corrected chi connectivity index (χ2v) is 32.1. The van der Waals surface area contributed by atoms with Crippen molar-refractivity contribution in [3.05, 3.63) is 328 Å². The number of alkyl halides is 10. The summed E-state index contributed by atoms with van der Waals surface area (Å²) in [5, 5.41) is 73.1. The molecule has 2 N–H and O–H groups in total. The fraction of sp³-hybridized carbons (Fsp3) is 0.176. The summed E-state index contributed by atoms with van der Waals surface area (Å²) in [4.78, 5) is 115. The molecular weight excluding hydrogens is 2210 g/mol. The highest BCUT2D eigenvalue weighted by Gasteiger charge is 2.50. The molecule has 10 aromatic rings. The minimum Gasteiger partial charge on any atom is -0.544 e. The van der Waals surface area contributed by atoms with Crippen LogP contribution in [0.3, 0.4) is 0 Å². The number of phenols is 2. The first-order valence-electron chi connectivity index (χ1n) is 34.7. The van der Waals surface area contributed by atoms with Gasteiger partial charge in [0.25, 0.3) is 0 Å². The second kappa shape index (κ2) is 44.5. The normalized spacial score (nSPS) is 12.6. The predicted molar refractivity (Wildman–Crippen MR) is 447 cm³/mol. The molecule has 0 aliphatic heterocycles. The van der Waals surface area contributed by atoms with Gasteiger partial charge in [-0.3, -0.25) is 0 Å². The van der Waals surface area contributed by atoms with Crippen molar-refractivity contribution in [1.29, 1.82) is 0 Å². The summed E-state index contributed by atoms with van der Waals surface area (Å²) in [5.41, 5.74) is -0.750. The Kier molecular flexibility index (Phi) is 36.6. The van der Waals surface area contributed by atoms with Crippen molar-refractivity contribution in [3.8, 4) is 17.2 Å². The highest BCUT2D eigenvalue weighted by atomic mass is 127. The van der Waals surface area contributed by atoms with Crippen molar-refractivity contribution in [2.75, 3.05) is 0 Å². The molecule has 0 aliphatic carbocycles. The number of hydrogen-bond donors (Lipinski definition) is 2. The van der Waals surface area contributed by atoms with Crippen molar-refractivity contribution in [1.82, 2.24) is 0 Å². The third-order valence-corrected chi connectivity index (χ3v) is 21.1. The number of carbonyl (C=O) groups is 10. The van der Waals surface area contributed by atoms with Gasteiger partial charge in [0.15, 0.2) is 30.5 Å². The van der Waals surface area contributed by atoms with E-state index in [0.717, 1.165) is 24.8 Å². The molecule has 0 bridgehead atoms. The molecule has 0 heterocycles. The lowest BCUT2D eigenvalue weighted by atomic mass is 10.0. The molecule has 648 valence electrons. The molecule has 0 aliphatic rings. The van der Waals surface area contributed by atoms with Gasteiger partial charge in [0.05, 0.1) is 25.8 Å². The van der Waals surface area contributed by atoms with E-state index in [2.05, 4.69) is 0 Å².